The molecule has 0 aromatic carbocycles. The molecule has 0 spiro atoms. The van der Waals surface area contributed by atoms with Gasteiger partial charge in [0, 0.05) is 0 Å². The third-order valence-electron chi connectivity index (χ3n) is 0. The van der Waals surface area contributed by atoms with Gasteiger partial charge in [-0.05, 0) is 0 Å². The van der Waals surface area contributed by atoms with Crippen molar-refractivity contribution in [1.82, 2.24) is 0 Å². The normalized spacial score (nSPS) is 3.38. The molecule has 0 aliphatic carbocycles. The number of hydrogen-bond acceptors (Lipinski definition) is 0. The van der Waals surface area contributed by atoms with Crippen LogP contribution in [-0.2, 0) is 0 Å². The van der Waals surface area contributed by atoms with Gasteiger partial charge in [-0.1, -0.05) is 0 Å². The van der Waals surface area contributed by atoms with E-state index in [1.165, 1.54) is 0 Å². The fourth-order valence-electron chi connectivity index (χ4n) is 0. The average molecular weight is 190 g/mol. The van der Waals surface area contributed by atoms with Crippen LogP contribution in [0.4, 0.5) is 20.0 Å². The van der Waals surface area contributed by atoms with Gasteiger partial charge in [-0.25, -0.2) is 0 Å². The van der Waals surface area contributed by atoms with Gasteiger partial charge in [0.25, 0.3) is 0 Å². The van der Waals surface area contributed by atoms with Crippen molar-refractivity contribution in [3.63, 3.8) is 0 Å². The van der Waals surface area contributed by atoms with E-state index in [1.807, 2.05) is 0 Å². The van der Waals surface area contributed by atoms with Crippen LogP contribution >= 0.6 is 0 Å². The molecule has 0 radical (unpaired) electrons. The fraction of sp³-hybridized carbons (Fsp3) is 0. The van der Waals surface area contributed by atoms with Crippen molar-refractivity contribution < 1.29 is 53.8 Å². The van der Waals surface area contributed by atoms with E-state index in [4.69, 9.17) is 0 Å². The third-order valence-corrected chi connectivity index (χ3v) is 0. The summed E-state index contributed by atoms with van der Waals surface area (Å²) < 4.78 is 29.4. The van der Waals surface area contributed by atoms with Gasteiger partial charge in [0.05, 0.1) is 0 Å². The Morgan fingerprint density at radius 1 is 1.00 bits per heavy atom. The molecule has 0 fully saturated rings. The van der Waals surface area contributed by atoms with E-state index in [0.717, 1.165) is 0 Å². The monoisotopic (exact) mass is 190 g/mol. The van der Waals surface area contributed by atoms with E-state index in [9.17, 15) is 10.6 Å². The van der Waals surface area contributed by atoms with Crippen molar-refractivity contribution in [3.05, 3.63) is 0 Å². The molecule has 0 aromatic rings. The van der Waals surface area contributed by atoms with E-state index in [2.05, 4.69) is 0 Å². The first-order valence-electron chi connectivity index (χ1n) is 0.655. The molecule has 0 aliphatic heterocycles. The molecule has 8 heavy (non-hydrogen) atoms. The first kappa shape index (κ1) is 31.4. The van der Waals surface area contributed by atoms with Crippen LogP contribution in [0.1, 0.15) is 4.28 Å². The molecule has 0 atom stereocenters. The molecule has 0 heterocycles. The summed E-state index contributed by atoms with van der Waals surface area (Å²) in [5.74, 6) is 0. The van der Waals surface area contributed by atoms with E-state index >= 15 is 0 Å². The minimum Gasteiger partial charge on any atom is -1.00 e. The molecule has 0 aromatic heterocycles. The largest absolute Gasteiger partial charge is 2.00 e. The molecule has 0 rings (SSSR count). The molecule has 8 heteroatoms. The Morgan fingerprint density at radius 2 is 1.00 bits per heavy atom. The van der Waals surface area contributed by atoms with Crippen LogP contribution in [0.3, 0.4) is 0 Å². The maximum absolute atomic E-state index is 9.81. The second-order valence-electron chi connectivity index (χ2n) is 0.247. The Kier molecular flexibility index (Phi) is 89.3. The Balaban J connectivity index is -0.00000000214. The number of hydrogen-bond donors (Lipinski definition) is 0. The van der Waals surface area contributed by atoms with Crippen molar-refractivity contribution in [2.75, 3.05) is 0 Å². The van der Waals surface area contributed by atoms with Gasteiger partial charge in [-0.3, -0.25) is 9.41 Å². The SMILES string of the molecule is F.F.[Ca+2].[F][Al]([F])[F].[H-].[H-].[H-].[Na+]. The van der Waals surface area contributed by atoms with Crippen molar-refractivity contribution in [3.8, 4) is 0 Å². The van der Waals surface area contributed by atoms with Gasteiger partial charge in [0.2, 0.25) is 0 Å². The number of rotatable bonds is 0. The van der Waals surface area contributed by atoms with Gasteiger partial charge < -0.3 is 14.9 Å². The van der Waals surface area contributed by atoms with Gasteiger partial charge >= 0.3 is 82.8 Å². The summed E-state index contributed by atoms with van der Waals surface area (Å²) >= 11 is -4.64. The summed E-state index contributed by atoms with van der Waals surface area (Å²) in [5, 5.41) is 0. The van der Waals surface area contributed by atoms with Crippen LogP contribution in [0.25, 0.3) is 0 Å². The predicted molar refractivity (Wildman–Crippen MR) is 23.2 cm³/mol. The van der Waals surface area contributed by atoms with Crippen LogP contribution in [0.5, 0.6) is 0 Å². The van der Waals surface area contributed by atoms with E-state index in [-0.39, 0.29) is 81.0 Å². The van der Waals surface area contributed by atoms with E-state index in [1.54, 1.807) is 0 Å². The molecule has 0 unspecified atom stereocenters. The molecule has 46 valence electrons. The molecule has 0 bridgehead atoms. The average Bonchev–Trinajstić information content (AvgIpc) is 0.811. The third kappa shape index (κ3) is 78.4. The Bertz CT molecular complexity index is 26.4. The van der Waals surface area contributed by atoms with Gasteiger partial charge in [0.1, 0.15) is 0 Å². The second kappa shape index (κ2) is 22.7. The molecule has 0 saturated carbocycles. The van der Waals surface area contributed by atoms with E-state index in [0.29, 0.717) is 0 Å². The van der Waals surface area contributed by atoms with Gasteiger partial charge in [-0.2, -0.15) is 0 Å². The maximum atomic E-state index is 9.81. The zero-order valence-corrected chi connectivity index (χ0v) is 9.60. The van der Waals surface area contributed by atoms with Crippen molar-refractivity contribution in [2.45, 2.75) is 0 Å². The quantitative estimate of drug-likeness (QED) is 0.310. The molecule has 0 amide bonds. The summed E-state index contributed by atoms with van der Waals surface area (Å²) in [5.41, 5.74) is 0. The molecule has 0 aliphatic rings. The van der Waals surface area contributed by atoms with Crippen molar-refractivity contribution >= 4 is 53.3 Å². The van der Waals surface area contributed by atoms with Crippen LogP contribution in [0.2, 0.25) is 0 Å². The minimum absolute atomic E-state index is 0. The van der Waals surface area contributed by atoms with Crippen LogP contribution in [-0.4, -0.2) is 53.3 Å². The zero-order valence-electron chi connectivity index (χ0n) is 7.23. The zero-order chi connectivity index (χ0) is 3.58. The first-order valence-corrected chi connectivity index (χ1v) is 1.96. The van der Waals surface area contributed by atoms with Gasteiger partial charge in [0.15, 0.2) is 0 Å². The fourth-order valence-corrected chi connectivity index (χ4v) is 0. The Labute approximate surface area is 105 Å². The van der Waals surface area contributed by atoms with Crippen LogP contribution in [0.15, 0.2) is 0 Å². The summed E-state index contributed by atoms with van der Waals surface area (Å²) in [6.07, 6.45) is 0. The minimum atomic E-state index is -4.64. The summed E-state index contributed by atoms with van der Waals surface area (Å²) in [6, 6.07) is 0. The summed E-state index contributed by atoms with van der Waals surface area (Å²) in [7, 11) is 0. The summed E-state index contributed by atoms with van der Waals surface area (Å²) in [6.45, 7) is 0. The summed E-state index contributed by atoms with van der Waals surface area (Å²) in [4.78, 5) is 0. The second-order valence-corrected chi connectivity index (χ2v) is 0.742. The van der Waals surface area contributed by atoms with Gasteiger partial charge in [-0.15, -0.1) is 0 Å². The predicted octanol–water partition coefficient (Wildman–Crippen LogP) is -1.85. The van der Waals surface area contributed by atoms with E-state index < -0.39 is 15.5 Å². The Morgan fingerprint density at radius 3 is 1.00 bits per heavy atom. The first-order chi connectivity index (χ1) is 1.73. The molecular weight excluding hydrogens is 185 g/mol. The van der Waals surface area contributed by atoms with Crippen molar-refractivity contribution in [2.24, 2.45) is 0 Å². The topological polar surface area (TPSA) is 0 Å². The maximum Gasteiger partial charge on any atom is 2.00 e. The Hall–Kier alpha value is 2.44. The standard InChI is InChI=1S/Al.Ca.5FH.Na.3H/h;;5*1H;;;;/q+3;+2;;;;;;+1;3*-1/p-3. The molecule has 0 N–H and O–H groups in total. The number of halogens is 5. The van der Waals surface area contributed by atoms with Crippen LogP contribution in [0, 0.1) is 0 Å². The molecule has 0 saturated heterocycles. The molecular formula is H5AlCaF5Na. The van der Waals surface area contributed by atoms with Crippen molar-refractivity contribution in [1.29, 1.82) is 0 Å². The molecule has 0 nitrogen and oxygen atoms in total. The smallest absolute Gasteiger partial charge is 1.00 e. The van der Waals surface area contributed by atoms with Crippen LogP contribution < -0.4 is 29.6 Å².